The number of aliphatic carboxylic acids is 1. The van der Waals surface area contributed by atoms with Crippen LogP contribution in [0.2, 0.25) is 0 Å². The Morgan fingerprint density at radius 2 is 1.89 bits per heavy atom. The van der Waals surface area contributed by atoms with Crippen LogP contribution in [0.25, 0.3) is 0 Å². The third-order valence-electron chi connectivity index (χ3n) is 1.93. The number of amides is 1. The van der Waals surface area contributed by atoms with Gasteiger partial charge in [0.05, 0.1) is 0 Å². The molecule has 0 aliphatic carbocycles. The molecule has 18 heavy (non-hydrogen) atoms. The Morgan fingerprint density at radius 1 is 1.28 bits per heavy atom. The number of carboxylic acids is 1. The topological polar surface area (TPSA) is 66.8 Å². The van der Waals surface area contributed by atoms with Gasteiger partial charge < -0.3 is 9.84 Å². The van der Waals surface area contributed by atoms with Gasteiger partial charge in [-0.3, -0.25) is 9.69 Å². The number of hydrogen-bond donors (Lipinski definition) is 1. The molecule has 0 bridgehead atoms. The first-order chi connectivity index (χ1) is 8.26. The monoisotopic (exact) mass is 257 g/mol. The molecule has 0 atom stereocenters. The minimum absolute atomic E-state index is 0.251. The molecule has 0 aromatic rings. The van der Waals surface area contributed by atoms with Gasteiger partial charge in [0.1, 0.15) is 12.1 Å². The van der Waals surface area contributed by atoms with E-state index in [9.17, 15) is 9.59 Å². The second-order valence-electron chi connectivity index (χ2n) is 5.01. The Labute approximate surface area is 108 Å². The molecule has 1 N–H and O–H groups in total. The molecule has 0 unspecified atom stereocenters. The van der Waals surface area contributed by atoms with Crippen LogP contribution in [0, 0.1) is 0 Å². The van der Waals surface area contributed by atoms with Crippen molar-refractivity contribution >= 4 is 12.1 Å². The van der Waals surface area contributed by atoms with Crippen LogP contribution >= 0.6 is 0 Å². The number of allylic oxidation sites excluding steroid dienone is 1. The summed E-state index contributed by atoms with van der Waals surface area (Å²) >= 11 is 0. The van der Waals surface area contributed by atoms with E-state index in [1.165, 1.54) is 4.90 Å². The Hall–Kier alpha value is -1.52. The molecular weight excluding hydrogens is 234 g/mol. The van der Waals surface area contributed by atoms with E-state index < -0.39 is 17.7 Å². The smallest absolute Gasteiger partial charge is 0.411 e. The average molecular weight is 257 g/mol. The van der Waals surface area contributed by atoms with E-state index in [1.807, 2.05) is 13.0 Å². The molecule has 0 aromatic heterocycles. The molecule has 0 aromatic carbocycles. The zero-order valence-corrected chi connectivity index (χ0v) is 11.6. The van der Waals surface area contributed by atoms with E-state index in [-0.39, 0.29) is 13.1 Å². The Balaban J connectivity index is 4.47. The van der Waals surface area contributed by atoms with Crippen LogP contribution in [0.1, 0.15) is 40.5 Å². The van der Waals surface area contributed by atoms with Crippen molar-refractivity contribution in [2.75, 3.05) is 13.1 Å². The van der Waals surface area contributed by atoms with Gasteiger partial charge in [0, 0.05) is 6.54 Å². The van der Waals surface area contributed by atoms with Gasteiger partial charge in [-0.25, -0.2) is 4.79 Å². The maximum Gasteiger partial charge on any atom is 0.411 e. The fraction of sp³-hybridized carbons (Fsp3) is 0.692. The van der Waals surface area contributed by atoms with Gasteiger partial charge in [0.2, 0.25) is 0 Å². The molecule has 0 heterocycles. The van der Waals surface area contributed by atoms with Gasteiger partial charge in [0.15, 0.2) is 0 Å². The summed E-state index contributed by atoms with van der Waals surface area (Å²) in [5.41, 5.74) is -0.624. The molecule has 0 spiro atoms. The molecule has 0 aliphatic heterocycles. The van der Waals surface area contributed by atoms with Crippen molar-refractivity contribution in [1.82, 2.24) is 4.90 Å². The molecule has 0 fully saturated rings. The predicted molar refractivity (Wildman–Crippen MR) is 69.5 cm³/mol. The van der Waals surface area contributed by atoms with Gasteiger partial charge in [-0.15, -0.1) is 0 Å². The lowest BCUT2D eigenvalue weighted by molar-refractivity contribution is -0.138. The van der Waals surface area contributed by atoms with E-state index in [0.29, 0.717) is 0 Å². The van der Waals surface area contributed by atoms with E-state index in [1.54, 1.807) is 26.8 Å². The molecule has 0 rings (SSSR count). The number of rotatable bonds is 6. The van der Waals surface area contributed by atoms with E-state index >= 15 is 0 Å². The first kappa shape index (κ1) is 16.5. The minimum atomic E-state index is -1.05. The Bertz CT molecular complexity index is 305. The van der Waals surface area contributed by atoms with E-state index in [2.05, 4.69) is 0 Å². The second-order valence-corrected chi connectivity index (χ2v) is 5.01. The summed E-state index contributed by atoms with van der Waals surface area (Å²) in [5, 5.41) is 8.76. The molecule has 0 radical (unpaired) electrons. The van der Waals surface area contributed by atoms with Crippen LogP contribution in [0.4, 0.5) is 4.79 Å². The SMILES string of the molecule is CCCC=CCN(CC(=O)O)C(=O)OC(C)(C)C. The summed E-state index contributed by atoms with van der Waals surface area (Å²) in [6, 6.07) is 0. The van der Waals surface area contributed by atoms with Crippen LogP contribution in [-0.4, -0.2) is 40.8 Å². The van der Waals surface area contributed by atoms with Crippen molar-refractivity contribution in [3.8, 4) is 0 Å². The number of ether oxygens (including phenoxy) is 1. The number of unbranched alkanes of at least 4 members (excludes halogenated alkanes) is 1. The molecule has 1 amide bonds. The summed E-state index contributed by atoms with van der Waals surface area (Å²) in [4.78, 5) is 23.6. The summed E-state index contributed by atoms with van der Waals surface area (Å²) in [7, 11) is 0. The fourth-order valence-corrected chi connectivity index (χ4v) is 1.18. The highest BCUT2D eigenvalue weighted by Gasteiger charge is 2.22. The zero-order valence-electron chi connectivity index (χ0n) is 11.6. The van der Waals surface area contributed by atoms with Crippen LogP contribution in [0.3, 0.4) is 0 Å². The summed E-state index contributed by atoms with van der Waals surface area (Å²) in [6.07, 6.45) is 5.04. The third-order valence-corrected chi connectivity index (χ3v) is 1.93. The number of hydrogen-bond acceptors (Lipinski definition) is 3. The molecule has 0 aliphatic rings. The first-order valence-corrected chi connectivity index (χ1v) is 6.11. The van der Waals surface area contributed by atoms with Gasteiger partial charge in [-0.2, -0.15) is 0 Å². The van der Waals surface area contributed by atoms with Gasteiger partial charge in [-0.1, -0.05) is 25.5 Å². The average Bonchev–Trinajstić information content (AvgIpc) is 2.19. The maximum atomic E-state index is 11.8. The van der Waals surface area contributed by atoms with Crippen LogP contribution in [0.15, 0.2) is 12.2 Å². The molecule has 0 saturated heterocycles. The Kier molecular flexibility index (Phi) is 7.08. The van der Waals surface area contributed by atoms with Gasteiger partial charge in [-0.05, 0) is 27.2 Å². The predicted octanol–water partition coefficient (Wildman–Crippen LogP) is 2.66. The fourth-order valence-electron chi connectivity index (χ4n) is 1.18. The highest BCUT2D eigenvalue weighted by atomic mass is 16.6. The van der Waals surface area contributed by atoms with Gasteiger partial charge >= 0.3 is 12.1 Å². The standard InChI is InChI=1S/C13H23NO4/c1-5-6-7-8-9-14(10-11(15)16)12(17)18-13(2,3)4/h7-8H,5-6,9-10H2,1-4H3,(H,15,16). The number of carbonyl (C=O) groups excluding carboxylic acids is 1. The minimum Gasteiger partial charge on any atom is -0.480 e. The van der Waals surface area contributed by atoms with Crippen molar-refractivity contribution in [1.29, 1.82) is 0 Å². The molecule has 0 saturated carbocycles. The van der Waals surface area contributed by atoms with Crippen LogP contribution in [0.5, 0.6) is 0 Å². The van der Waals surface area contributed by atoms with Crippen molar-refractivity contribution in [3.05, 3.63) is 12.2 Å². The van der Waals surface area contributed by atoms with Crippen LogP contribution in [-0.2, 0) is 9.53 Å². The summed E-state index contributed by atoms with van der Waals surface area (Å²) in [5.74, 6) is -1.05. The molecule has 104 valence electrons. The summed E-state index contributed by atoms with van der Waals surface area (Å²) in [6.45, 7) is 7.18. The lowest BCUT2D eigenvalue weighted by Gasteiger charge is -2.25. The quantitative estimate of drug-likeness (QED) is 0.743. The summed E-state index contributed by atoms with van der Waals surface area (Å²) < 4.78 is 5.15. The van der Waals surface area contributed by atoms with Crippen LogP contribution < -0.4 is 0 Å². The lowest BCUT2D eigenvalue weighted by Crippen LogP contribution is -2.39. The number of nitrogens with zero attached hydrogens (tertiary/aromatic N) is 1. The first-order valence-electron chi connectivity index (χ1n) is 6.11. The molecule has 5 nitrogen and oxygen atoms in total. The van der Waals surface area contributed by atoms with E-state index in [4.69, 9.17) is 9.84 Å². The van der Waals surface area contributed by atoms with Crippen molar-refractivity contribution in [2.45, 2.75) is 46.1 Å². The second kappa shape index (κ2) is 7.74. The van der Waals surface area contributed by atoms with Crippen molar-refractivity contribution in [2.24, 2.45) is 0 Å². The van der Waals surface area contributed by atoms with Gasteiger partial charge in [0.25, 0.3) is 0 Å². The maximum absolute atomic E-state index is 11.8. The van der Waals surface area contributed by atoms with E-state index in [0.717, 1.165) is 12.8 Å². The largest absolute Gasteiger partial charge is 0.480 e. The number of carboxylic acid groups (broad SMARTS) is 1. The van der Waals surface area contributed by atoms with Crippen molar-refractivity contribution < 1.29 is 19.4 Å². The third kappa shape index (κ3) is 8.61. The number of carbonyl (C=O) groups is 2. The molecule has 5 heteroatoms. The molecular formula is C13H23NO4. The normalized spacial score (nSPS) is 11.6. The highest BCUT2D eigenvalue weighted by molar-refractivity contribution is 5.77. The lowest BCUT2D eigenvalue weighted by atomic mass is 10.2. The van der Waals surface area contributed by atoms with Crippen molar-refractivity contribution in [3.63, 3.8) is 0 Å². The Morgan fingerprint density at radius 3 is 2.33 bits per heavy atom. The zero-order chi connectivity index (χ0) is 14.2. The highest BCUT2D eigenvalue weighted by Crippen LogP contribution is 2.10.